The van der Waals surface area contributed by atoms with Crippen molar-refractivity contribution in [1.29, 1.82) is 0 Å². The van der Waals surface area contributed by atoms with Crippen LogP contribution in [0, 0.1) is 6.92 Å². The topological polar surface area (TPSA) is 35.3 Å². The van der Waals surface area contributed by atoms with Crippen LogP contribution in [0.5, 0.6) is 5.75 Å². The molecule has 1 heterocycles. The molecule has 0 spiro atoms. The van der Waals surface area contributed by atoms with E-state index in [1.807, 2.05) is 43.3 Å². The number of para-hydroxylation sites is 1. The molecule has 0 unspecified atom stereocenters. The molecule has 84 valence electrons. The number of aromatic nitrogens is 1. The van der Waals surface area contributed by atoms with Crippen molar-refractivity contribution in [3.63, 3.8) is 0 Å². The van der Waals surface area contributed by atoms with E-state index in [9.17, 15) is 0 Å². The summed E-state index contributed by atoms with van der Waals surface area (Å²) in [6, 6.07) is 11.8. The second-order valence-corrected chi connectivity index (χ2v) is 3.69. The molecule has 16 heavy (non-hydrogen) atoms. The molecule has 3 heteroatoms. The number of ether oxygens (including phenoxy) is 1. The van der Waals surface area contributed by atoms with E-state index in [4.69, 9.17) is 9.26 Å². The molecule has 0 radical (unpaired) electrons. The molecule has 1 aromatic carbocycles. The second-order valence-electron chi connectivity index (χ2n) is 3.69. The fourth-order valence-electron chi connectivity index (χ4n) is 1.50. The molecule has 2 aromatic rings. The Hall–Kier alpha value is -1.77. The lowest BCUT2D eigenvalue weighted by Crippen LogP contribution is -1.99. The van der Waals surface area contributed by atoms with Crippen LogP contribution in [0.25, 0.3) is 0 Å². The number of aryl methyl sites for hydroxylation is 2. The minimum Gasteiger partial charge on any atom is -0.494 e. The van der Waals surface area contributed by atoms with Gasteiger partial charge >= 0.3 is 0 Å². The highest BCUT2D eigenvalue weighted by atomic mass is 16.5. The monoisotopic (exact) mass is 217 g/mol. The van der Waals surface area contributed by atoms with E-state index in [1.54, 1.807) is 0 Å². The van der Waals surface area contributed by atoms with Gasteiger partial charge in [0.25, 0.3) is 0 Å². The molecule has 1 aromatic heterocycles. The number of hydrogen-bond acceptors (Lipinski definition) is 3. The lowest BCUT2D eigenvalue weighted by molar-refractivity contribution is 0.308. The summed E-state index contributed by atoms with van der Waals surface area (Å²) in [4.78, 5) is 0. The largest absolute Gasteiger partial charge is 0.494 e. The highest BCUT2D eigenvalue weighted by molar-refractivity contribution is 5.20. The van der Waals surface area contributed by atoms with Crippen molar-refractivity contribution in [3.05, 3.63) is 47.9 Å². The Morgan fingerprint density at radius 1 is 1.25 bits per heavy atom. The van der Waals surface area contributed by atoms with Crippen LogP contribution >= 0.6 is 0 Å². The van der Waals surface area contributed by atoms with E-state index < -0.39 is 0 Å². The molecule has 0 saturated carbocycles. The molecule has 0 saturated heterocycles. The van der Waals surface area contributed by atoms with Crippen LogP contribution in [0.15, 0.2) is 40.9 Å². The van der Waals surface area contributed by atoms with Gasteiger partial charge in [0.15, 0.2) is 0 Å². The van der Waals surface area contributed by atoms with Crippen molar-refractivity contribution < 1.29 is 9.26 Å². The zero-order valence-corrected chi connectivity index (χ0v) is 9.35. The Bertz CT molecular complexity index is 423. The fourth-order valence-corrected chi connectivity index (χ4v) is 1.50. The predicted octanol–water partition coefficient (Wildman–Crippen LogP) is 2.99. The summed E-state index contributed by atoms with van der Waals surface area (Å²) in [6.07, 6.45) is 1.84. The van der Waals surface area contributed by atoms with Gasteiger partial charge < -0.3 is 9.26 Å². The van der Waals surface area contributed by atoms with Crippen molar-refractivity contribution in [2.75, 3.05) is 6.61 Å². The van der Waals surface area contributed by atoms with Gasteiger partial charge in [-0.25, -0.2) is 0 Å². The van der Waals surface area contributed by atoms with Gasteiger partial charge in [0.1, 0.15) is 11.5 Å². The molecule has 0 aliphatic rings. The summed E-state index contributed by atoms with van der Waals surface area (Å²) in [5, 5.41) is 3.93. The molecule has 2 rings (SSSR count). The fraction of sp³-hybridized carbons (Fsp3) is 0.308. The molecular formula is C13H15NO2. The van der Waals surface area contributed by atoms with Gasteiger partial charge in [-0.3, -0.25) is 0 Å². The number of rotatable bonds is 5. The zero-order valence-electron chi connectivity index (χ0n) is 9.35. The van der Waals surface area contributed by atoms with Crippen LogP contribution in [-0.2, 0) is 6.42 Å². The Morgan fingerprint density at radius 2 is 2.06 bits per heavy atom. The molecule has 3 nitrogen and oxygen atoms in total. The molecule has 0 amide bonds. The molecule has 0 fully saturated rings. The average Bonchev–Trinajstić information content (AvgIpc) is 2.72. The first-order valence-corrected chi connectivity index (χ1v) is 5.44. The number of hydrogen-bond donors (Lipinski definition) is 0. The molecule has 0 N–H and O–H groups in total. The zero-order chi connectivity index (χ0) is 11.2. The predicted molar refractivity (Wildman–Crippen MR) is 61.5 cm³/mol. The lowest BCUT2D eigenvalue weighted by atomic mass is 10.2. The first-order chi connectivity index (χ1) is 7.84. The van der Waals surface area contributed by atoms with Crippen molar-refractivity contribution in [2.45, 2.75) is 19.8 Å². The lowest BCUT2D eigenvalue weighted by Gasteiger charge is -2.04. The van der Waals surface area contributed by atoms with Gasteiger partial charge in [-0.1, -0.05) is 23.4 Å². The minimum absolute atomic E-state index is 0.704. The summed E-state index contributed by atoms with van der Waals surface area (Å²) in [7, 11) is 0. The van der Waals surface area contributed by atoms with E-state index in [2.05, 4.69) is 5.16 Å². The van der Waals surface area contributed by atoms with Crippen molar-refractivity contribution >= 4 is 0 Å². The minimum atomic E-state index is 0.704. The Labute approximate surface area is 95.0 Å². The van der Waals surface area contributed by atoms with Crippen LogP contribution in [0.4, 0.5) is 0 Å². The van der Waals surface area contributed by atoms with E-state index in [0.717, 1.165) is 30.0 Å². The van der Waals surface area contributed by atoms with Crippen LogP contribution < -0.4 is 4.74 Å². The van der Waals surface area contributed by atoms with Gasteiger partial charge in [-0.05, 0) is 31.9 Å². The smallest absolute Gasteiger partial charge is 0.133 e. The van der Waals surface area contributed by atoms with E-state index in [1.165, 1.54) is 0 Å². The quantitative estimate of drug-likeness (QED) is 0.722. The van der Waals surface area contributed by atoms with E-state index >= 15 is 0 Å². The summed E-state index contributed by atoms with van der Waals surface area (Å²) in [5.41, 5.74) is 0.995. The van der Waals surface area contributed by atoms with Gasteiger partial charge in [0.2, 0.25) is 0 Å². The van der Waals surface area contributed by atoms with Gasteiger partial charge in [0.05, 0.1) is 12.3 Å². The van der Waals surface area contributed by atoms with Gasteiger partial charge in [-0.15, -0.1) is 0 Å². The highest BCUT2D eigenvalue weighted by Crippen LogP contribution is 2.09. The summed E-state index contributed by atoms with van der Waals surface area (Å²) in [6.45, 7) is 2.60. The maximum absolute atomic E-state index is 5.58. The average molecular weight is 217 g/mol. The van der Waals surface area contributed by atoms with Gasteiger partial charge in [0, 0.05) is 6.07 Å². The Morgan fingerprint density at radius 3 is 2.75 bits per heavy atom. The van der Waals surface area contributed by atoms with Crippen LogP contribution in [0.1, 0.15) is 17.9 Å². The van der Waals surface area contributed by atoms with Crippen molar-refractivity contribution in [1.82, 2.24) is 5.16 Å². The van der Waals surface area contributed by atoms with Crippen LogP contribution in [0.2, 0.25) is 0 Å². The Kier molecular flexibility index (Phi) is 3.59. The maximum Gasteiger partial charge on any atom is 0.133 e. The summed E-state index contributed by atoms with van der Waals surface area (Å²) < 4.78 is 10.6. The van der Waals surface area contributed by atoms with Crippen LogP contribution in [0.3, 0.4) is 0 Å². The third kappa shape index (κ3) is 3.12. The highest BCUT2D eigenvalue weighted by Gasteiger charge is 2.00. The molecule has 0 aliphatic carbocycles. The number of nitrogens with zero attached hydrogens (tertiary/aromatic N) is 1. The molecule has 0 bridgehead atoms. The van der Waals surface area contributed by atoms with Crippen LogP contribution in [-0.4, -0.2) is 11.8 Å². The molecular weight excluding hydrogens is 202 g/mol. The first kappa shape index (κ1) is 10.7. The van der Waals surface area contributed by atoms with E-state index in [-0.39, 0.29) is 0 Å². The summed E-state index contributed by atoms with van der Waals surface area (Å²) >= 11 is 0. The standard InChI is InChI=1S/C13H15NO2/c1-11-10-12(14-16-11)6-5-9-15-13-7-3-2-4-8-13/h2-4,7-8,10H,5-6,9H2,1H3. The second kappa shape index (κ2) is 5.35. The third-order valence-electron chi connectivity index (χ3n) is 2.27. The van der Waals surface area contributed by atoms with Gasteiger partial charge in [-0.2, -0.15) is 0 Å². The number of benzene rings is 1. The third-order valence-corrected chi connectivity index (χ3v) is 2.27. The molecule has 0 atom stereocenters. The normalized spacial score (nSPS) is 10.3. The first-order valence-electron chi connectivity index (χ1n) is 5.44. The molecule has 0 aliphatic heterocycles. The SMILES string of the molecule is Cc1cc(CCCOc2ccccc2)no1. The van der Waals surface area contributed by atoms with E-state index in [0.29, 0.717) is 6.61 Å². The van der Waals surface area contributed by atoms with Crippen molar-refractivity contribution in [3.8, 4) is 5.75 Å². The van der Waals surface area contributed by atoms with Crippen molar-refractivity contribution in [2.24, 2.45) is 0 Å². The Balaban J connectivity index is 1.69. The maximum atomic E-state index is 5.58. The summed E-state index contributed by atoms with van der Waals surface area (Å²) in [5.74, 6) is 1.78.